The maximum absolute atomic E-state index is 13.3. The van der Waals surface area contributed by atoms with Crippen LogP contribution in [0.3, 0.4) is 0 Å². The summed E-state index contributed by atoms with van der Waals surface area (Å²) >= 11 is 6.00. The molecule has 0 aliphatic carbocycles. The molecule has 1 aromatic heterocycles. The number of furan rings is 1. The summed E-state index contributed by atoms with van der Waals surface area (Å²) in [5.41, 5.74) is 1.11. The smallest absolute Gasteiger partial charge is 0.297 e. The van der Waals surface area contributed by atoms with Crippen molar-refractivity contribution in [2.45, 2.75) is 11.0 Å². The van der Waals surface area contributed by atoms with E-state index in [1.807, 2.05) is 0 Å². The van der Waals surface area contributed by atoms with Crippen molar-refractivity contribution < 1.29 is 22.5 Å². The lowest BCUT2D eigenvalue weighted by Gasteiger charge is -2.18. The van der Waals surface area contributed by atoms with Gasteiger partial charge in [0.2, 0.25) is 5.09 Å². The average Bonchev–Trinajstić information content (AvgIpc) is 3.28. The Morgan fingerprint density at radius 2 is 2.07 bits per heavy atom. The summed E-state index contributed by atoms with van der Waals surface area (Å²) in [5, 5.41) is 11.5. The lowest BCUT2D eigenvalue weighted by molar-refractivity contribution is -0.384. The predicted octanol–water partition coefficient (Wildman–Crippen LogP) is 3.88. The van der Waals surface area contributed by atoms with Gasteiger partial charge in [0.15, 0.2) is 0 Å². The van der Waals surface area contributed by atoms with E-state index in [-0.39, 0.29) is 34.8 Å². The van der Waals surface area contributed by atoms with Gasteiger partial charge in [0.25, 0.3) is 15.7 Å². The first-order chi connectivity index (χ1) is 13.3. The van der Waals surface area contributed by atoms with Crippen molar-refractivity contribution in [1.82, 2.24) is 0 Å². The molecule has 2 heterocycles. The molecular formula is C18H15ClN2O6S. The van der Waals surface area contributed by atoms with E-state index in [4.69, 9.17) is 20.8 Å². The highest BCUT2D eigenvalue weighted by Crippen LogP contribution is 2.42. The summed E-state index contributed by atoms with van der Waals surface area (Å²) in [6, 6.07) is 10.5. The summed E-state index contributed by atoms with van der Waals surface area (Å²) in [6.07, 6.45) is 0. The third kappa shape index (κ3) is 2.87. The number of halogens is 1. The number of rotatable bonds is 5. The van der Waals surface area contributed by atoms with Crippen LogP contribution in [0.5, 0.6) is 5.75 Å². The Labute approximate surface area is 165 Å². The molecule has 4 rings (SSSR count). The minimum absolute atomic E-state index is 0.0860. The SMILES string of the molecule is COc1ccc2oc(S(=O)(=O)N3CC(CCl)c4ccc([N+](=O)[O-])cc43)cc2c1. The third-order valence-electron chi connectivity index (χ3n) is 4.75. The number of sulfonamides is 1. The number of non-ortho nitro benzene ring substituents is 1. The van der Waals surface area contributed by atoms with Gasteiger partial charge >= 0.3 is 0 Å². The fourth-order valence-corrected chi connectivity index (χ4v) is 5.07. The lowest BCUT2D eigenvalue weighted by atomic mass is 10.0. The number of nitrogens with zero attached hydrogens (tertiary/aromatic N) is 2. The van der Waals surface area contributed by atoms with Gasteiger partial charge in [0, 0.05) is 41.9 Å². The zero-order valence-electron chi connectivity index (χ0n) is 14.7. The van der Waals surface area contributed by atoms with E-state index in [2.05, 4.69) is 0 Å². The second-order valence-electron chi connectivity index (χ2n) is 6.36. The van der Waals surface area contributed by atoms with Crippen molar-refractivity contribution in [2.24, 2.45) is 0 Å². The zero-order chi connectivity index (χ0) is 20.1. The first-order valence-corrected chi connectivity index (χ1v) is 10.3. The van der Waals surface area contributed by atoms with Crippen molar-refractivity contribution in [3.8, 4) is 5.75 Å². The molecule has 0 amide bonds. The fraction of sp³-hybridized carbons (Fsp3) is 0.222. The van der Waals surface area contributed by atoms with Crippen molar-refractivity contribution in [2.75, 3.05) is 23.8 Å². The summed E-state index contributed by atoms with van der Waals surface area (Å²) < 4.78 is 38.3. The van der Waals surface area contributed by atoms with Crippen molar-refractivity contribution in [3.05, 3.63) is 58.1 Å². The van der Waals surface area contributed by atoms with Gasteiger partial charge in [0.1, 0.15) is 11.3 Å². The molecule has 0 spiro atoms. The first kappa shape index (κ1) is 18.6. The maximum Gasteiger partial charge on any atom is 0.297 e. The lowest BCUT2D eigenvalue weighted by Crippen LogP contribution is -2.30. The minimum Gasteiger partial charge on any atom is -0.497 e. The first-order valence-electron chi connectivity index (χ1n) is 8.30. The average molecular weight is 423 g/mol. The molecule has 10 heteroatoms. The fourth-order valence-electron chi connectivity index (χ4n) is 3.32. The number of fused-ring (bicyclic) bond motifs is 2. The monoisotopic (exact) mass is 422 g/mol. The van der Waals surface area contributed by atoms with Crippen LogP contribution in [-0.4, -0.2) is 32.9 Å². The van der Waals surface area contributed by atoms with Gasteiger partial charge in [-0.3, -0.25) is 14.4 Å². The predicted molar refractivity (Wildman–Crippen MR) is 104 cm³/mol. The molecule has 1 aliphatic heterocycles. The van der Waals surface area contributed by atoms with Crippen LogP contribution in [0.1, 0.15) is 11.5 Å². The van der Waals surface area contributed by atoms with E-state index in [1.165, 1.54) is 25.3 Å². The van der Waals surface area contributed by atoms with Gasteiger partial charge in [-0.15, -0.1) is 11.6 Å². The van der Waals surface area contributed by atoms with Gasteiger partial charge in [-0.2, -0.15) is 8.42 Å². The number of anilines is 1. The Balaban J connectivity index is 1.82. The molecule has 2 aromatic carbocycles. The summed E-state index contributed by atoms with van der Waals surface area (Å²) in [4.78, 5) is 10.6. The quantitative estimate of drug-likeness (QED) is 0.351. The molecule has 0 bridgehead atoms. The van der Waals surface area contributed by atoms with E-state index >= 15 is 0 Å². The van der Waals surface area contributed by atoms with Crippen LogP contribution < -0.4 is 9.04 Å². The Hall–Kier alpha value is -2.78. The molecule has 146 valence electrons. The number of hydrogen-bond acceptors (Lipinski definition) is 6. The molecule has 0 radical (unpaired) electrons. The van der Waals surface area contributed by atoms with Crippen LogP contribution in [0.2, 0.25) is 0 Å². The number of ether oxygens (including phenoxy) is 1. The maximum atomic E-state index is 13.3. The van der Waals surface area contributed by atoms with Gasteiger partial charge in [-0.25, -0.2) is 0 Å². The Kier molecular flexibility index (Phi) is 4.43. The van der Waals surface area contributed by atoms with Crippen molar-refractivity contribution >= 4 is 44.0 Å². The van der Waals surface area contributed by atoms with E-state index in [9.17, 15) is 18.5 Å². The highest BCUT2D eigenvalue weighted by molar-refractivity contribution is 7.92. The summed E-state index contributed by atoms with van der Waals surface area (Å²) in [5.74, 6) is 0.493. The molecule has 1 unspecified atom stereocenters. The molecule has 28 heavy (non-hydrogen) atoms. The van der Waals surface area contributed by atoms with Crippen molar-refractivity contribution in [3.63, 3.8) is 0 Å². The van der Waals surface area contributed by atoms with E-state index in [0.29, 0.717) is 22.3 Å². The van der Waals surface area contributed by atoms with E-state index in [0.717, 1.165) is 4.31 Å². The third-order valence-corrected chi connectivity index (χ3v) is 6.76. The molecule has 0 saturated carbocycles. The molecular weight excluding hydrogens is 408 g/mol. The second-order valence-corrected chi connectivity index (χ2v) is 8.46. The molecule has 0 saturated heterocycles. The Morgan fingerprint density at radius 3 is 2.75 bits per heavy atom. The van der Waals surface area contributed by atoms with E-state index in [1.54, 1.807) is 24.3 Å². The van der Waals surface area contributed by atoms with Crippen LogP contribution in [0, 0.1) is 10.1 Å². The highest BCUT2D eigenvalue weighted by atomic mass is 35.5. The largest absolute Gasteiger partial charge is 0.497 e. The number of alkyl halides is 1. The van der Waals surface area contributed by atoms with Crippen molar-refractivity contribution in [1.29, 1.82) is 0 Å². The number of methoxy groups -OCH3 is 1. The standard InChI is InChI=1S/C18H15ClN2O6S/c1-26-14-3-5-17-11(6-14)7-18(27-17)28(24,25)20-10-12(9-19)15-4-2-13(21(22)23)8-16(15)20/h2-8,12H,9-10H2,1H3. The normalized spacial score (nSPS) is 16.4. The summed E-state index contributed by atoms with van der Waals surface area (Å²) in [6.45, 7) is 0.0860. The van der Waals surface area contributed by atoms with Gasteiger partial charge in [-0.1, -0.05) is 0 Å². The van der Waals surface area contributed by atoms with E-state index < -0.39 is 14.9 Å². The van der Waals surface area contributed by atoms with Crippen LogP contribution in [0.25, 0.3) is 11.0 Å². The second kappa shape index (κ2) is 6.68. The van der Waals surface area contributed by atoms with Gasteiger partial charge in [0.05, 0.1) is 17.7 Å². The molecule has 3 aromatic rings. The minimum atomic E-state index is -4.07. The molecule has 8 nitrogen and oxygen atoms in total. The molecule has 1 aliphatic rings. The number of hydrogen-bond donors (Lipinski definition) is 0. The Bertz CT molecular complexity index is 1190. The molecule has 0 fully saturated rings. The number of benzene rings is 2. The van der Waals surface area contributed by atoms with Crippen LogP contribution in [0.15, 0.2) is 52.0 Å². The topological polar surface area (TPSA) is 103 Å². The van der Waals surface area contributed by atoms with Crippen LogP contribution in [-0.2, 0) is 10.0 Å². The zero-order valence-corrected chi connectivity index (χ0v) is 16.2. The number of nitro benzene ring substituents is 1. The highest BCUT2D eigenvalue weighted by Gasteiger charge is 2.39. The summed E-state index contributed by atoms with van der Waals surface area (Å²) in [7, 11) is -2.56. The Morgan fingerprint density at radius 1 is 1.29 bits per heavy atom. The van der Waals surface area contributed by atoms with Crippen LogP contribution >= 0.6 is 11.6 Å². The molecule has 0 N–H and O–H groups in total. The van der Waals surface area contributed by atoms with Crippen LogP contribution in [0.4, 0.5) is 11.4 Å². The molecule has 1 atom stereocenters. The number of nitro groups is 1. The van der Waals surface area contributed by atoms with Gasteiger partial charge < -0.3 is 9.15 Å². The van der Waals surface area contributed by atoms with Gasteiger partial charge in [-0.05, 0) is 29.8 Å².